The summed E-state index contributed by atoms with van der Waals surface area (Å²) in [4.78, 5) is 13.4. The van der Waals surface area contributed by atoms with Gasteiger partial charge in [0.05, 0.1) is 5.54 Å². The molecule has 0 aromatic carbocycles. The van der Waals surface area contributed by atoms with Crippen LogP contribution >= 0.6 is 12.4 Å². The number of likely N-dealkylation sites (N-methyl/N-ethyl adjacent to an activating group) is 1. The van der Waals surface area contributed by atoms with E-state index in [-0.39, 0.29) is 18.3 Å². The number of hydrogen-bond acceptors (Lipinski definition) is 2. The van der Waals surface area contributed by atoms with Gasteiger partial charge >= 0.3 is 0 Å². The summed E-state index contributed by atoms with van der Waals surface area (Å²) in [7, 11) is 3.55. The molecule has 0 aromatic rings. The molecular weight excluding hydrogens is 200 g/mol. The highest BCUT2D eigenvalue weighted by Crippen LogP contribution is 2.32. The summed E-state index contributed by atoms with van der Waals surface area (Å²) in [6.45, 7) is 2.08. The third-order valence-electron chi connectivity index (χ3n) is 3.16. The number of amides is 1. The minimum Gasteiger partial charge on any atom is -0.347 e. The van der Waals surface area contributed by atoms with E-state index >= 15 is 0 Å². The van der Waals surface area contributed by atoms with Gasteiger partial charge in [-0.15, -0.1) is 12.4 Å². The van der Waals surface area contributed by atoms with Crippen LogP contribution in [0.1, 0.15) is 32.6 Å². The monoisotopic (exact) mass is 220 g/mol. The molecule has 1 aliphatic rings. The Kier molecular flexibility index (Phi) is 4.89. The molecule has 2 atom stereocenters. The van der Waals surface area contributed by atoms with Gasteiger partial charge in [-0.1, -0.05) is 19.8 Å². The van der Waals surface area contributed by atoms with Crippen LogP contribution < -0.4 is 5.73 Å². The fourth-order valence-electron chi connectivity index (χ4n) is 2.11. The standard InChI is InChI=1S/C10H20N2O.ClH/c1-8-6-4-5-7-10(8,11)9(13)12(2)3;/h8H,4-7,11H2,1-3H3;1H. The lowest BCUT2D eigenvalue weighted by atomic mass is 9.73. The number of carbonyl (C=O) groups excluding carboxylic acids is 1. The Balaban J connectivity index is 0.00000169. The molecule has 0 aromatic heterocycles. The molecule has 2 N–H and O–H groups in total. The lowest BCUT2D eigenvalue weighted by Gasteiger charge is -2.39. The SMILES string of the molecule is CC1CCCCC1(N)C(=O)N(C)C.Cl. The molecule has 0 aliphatic heterocycles. The van der Waals surface area contributed by atoms with Crippen molar-refractivity contribution in [1.82, 2.24) is 4.90 Å². The predicted molar refractivity (Wildman–Crippen MR) is 60.5 cm³/mol. The van der Waals surface area contributed by atoms with Gasteiger partial charge in [-0.25, -0.2) is 0 Å². The quantitative estimate of drug-likeness (QED) is 0.726. The van der Waals surface area contributed by atoms with E-state index in [0.29, 0.717) is 5.92 Å². The highest BCUT2D eigenvalue weighted by atomic mass is 35.5. The number of nitrogens with zero attached hydrogens (tertiary/aromatic N) is 1. The summed E-state index contributed by atoms with van der Waals surface area (Å²) in [5, 5.41) is 0. The predicted octanol–water partition coefficient (Wildman–Crippen LogP) is 1.40. The van der Waals surface area contributed by atoms with Crippen LogP contribution in [0.15, 0.2) is 0 Å². The Labute approximate surface area is 92.4 Å². The van der Waals surface area contributed by atoms with Crippen LogP contribution in [0.2, 0.25) is 0 Å². The Morgan fingerprint density at radius 3 is 2.43 bits per heavy atom. The second-order valence-electron chi connectivity index (χ2n) is 4.39. The topological polar surface area (TPSA) is 46.3 Å². The number of nitrogens with two attached hydrogens (primary N) is 1. The van der Waals surface area contributed by atoms with Crippen molar-refractivity contribution >= 4 is 18.3 Å². The van der Waals surface area contributed by atoms with Crippen molar-refractivity contribution in [3.05, 3.63) is 0 Å². The summed E-state index contributed by atoms with van der Waals surface area (Å²) < 4.78 is 0. The Morgan fingerprint density at radius 1 is 1.43 bits per heavy atom. The first-order valence-electron chi connectivity index (χ1n) is 4.99. The van der Waals surface area contributed by atoms with Crippen LogP contribution in [0.5, 0.6) is 0 Å². The summed E-state index contributed by atoms with van der Waals surface area (Å²) in [5.41, 5.74) is 5.56. The zero-order valence-corrected chi connectivity index (χ0v) is 10.1. The summed E-state index contributed by atoms with van der Waals surface area (Å²) in [6.07, 6.45) is 4.21. The molecule has 2 unspecified atom stereocenters. The summed E-state index contributed by atoms with van der Waals surface area (Å²) >= 11 is 0. The van der Waals surface area contributed by atoms with E-state index in [1.54, 1.807) is 19.0 Å². The molecular formula is C10H21ClN2O. The third-order valence-corrected chi connectivity index (χ3v) is 3.16. The van der Waals surface area contributed by atoms with Crippen LogP contribution in [0, 0.1) is 5.92 Å². The molecule has 3 nitrogen and oxygen atoms in total. The molecule has 0 radical (unpaired) electrons. The second-order valence-corrected chi connectivity index (χ2v) is 4.39. The summed E-state index contributed by atoms with van der Waals surface area (Å²) in [6, 6.07) is 0. The second kappa shape index (κ2) is 4.99. The van der Waals surface area contributed by atoms with Crippen LogP contribution in [-0.4, -0.2) is 30.4 Å². The lowest BCUT2D eigenvalue weighted by molar-refractivity contribution is -0.137. The van der Waals surface area contributed by atoms with Gasteiger partial charge in [-0.3, -0.25) is 4.79 Å². The van der Waals surface area contributed by atoms with E-state index in [1.165, 1.54) is 6.42 Å². The Bertz CT molecular complexity index is 208. The van der Waals surface area contributed by atoms with Gasteiger partial charge < -0.3 is 10.6 Å². The van der Waals surface area contributed by atoms with Crippen molar-refractivity contribution in [2.45, 2.75) is 38.1 Å². The number of carbonyl (C=O) groups is 1. The van der Waals surface area contributed by atoms with E-state index in [0.717, 1.165) is 19.3 Å². The molecule has 0 heterocycles. The molecule has 4 heteroatoms. The lowest BCUT2D eigenvalue weighted by Crippen LogP contribution is -2.58. The maximum atomic E-state index is 11.8. The van der Waals surface area contributed by atoms with Gasteiger partial charge in [-0.2, -0.15) is 0 Å². The average molecular weight is 221 g/mol. The highest BCUT2D eigenvalue weighted by Gasteiger charge is 2.41. The molecule has 1 amide bonds. The minimum atomic E-state index is -0.595. The van der Waals surface area contributed by atoms with Gasteiger partial charge in [0.25, 0.3) is 0 Å². The average Bonchev–Trinajstić information content (AvgIpc) is 2.09. The minimum absolute atomic E-state index is 0. The fourth-order valence-corrected chi connectivity index (χ4v) is 2.11. The van der Waals surface area contributed by atoms with Crippen molar-refractivity contribution in [2.24, 2.45) is 11.7 Å². The first kappa shape index (κ1) is 13.7. The summed E-state index contributed by atoms with van der Waals surface area (Å²) in [5.74, 6) is 0.399. The molecule has 0 saturated heterocycles. The smallest absolute Gasteiger partial charge is 0.242 e. The first-order valence-corrected chi connectivity index (χ1v) is 4.99. The van der Waals surface area contributed by atoms with Crippen LogP contribution in [0.3, 0.4) is 0 Å². The van der Waals surface area contributed by atoms with Crippen LogP contribution in [0.4, 0.5) is 0 Å². The molecule has 1 aliphatic carbocycles. The molecule has 1 fully saturated rings. The van der Waals surface area contributed by atoms with Gasteiger partial charge in [0.15, 0.2) is 0 Å². The number of hydrogen-bond donors (Lipinski definition) is 1. The molecule has 0 bridgehead atoms. The third kappa shape index (κ3) is 2.39. The van der Waals surface area contributed by atoms with Crippen LogP contribution in [0.25, 0.3) is 0 Å². The van der Waals surface area contributed by atoms with Crippen LogP contribution in [-0.2, 0) is 4.79 Å². The molecule has 0 spiro atoms. The number of rotatable bonds is 1. The van der Waals surface area contributed by atoms with E-state index in [1.807, 2.05) is 0 Å². The molecule has 14 heavy (non-hydrogen) atoms. The van der Waals surface area contributed by atoms with E-state index in [9.17, 15) is 4.79 Å². The molecule has 1 saturated carbocycles. The van der Waals surface area contributed by atoms with Gasteiger partial charge in [-0.05, 0) is 18.8 Å². The maximum absolute atomic E-state index is 11.8. The molecule has 1 rings (SSSR count). The van der Waals surface area contributed by atoms with Crippen molar-refractivity contribution in [3.8, 4) is 0 Å². The van der Waals surface area contributed by atoms with Gasteiger partial charge in [0.2, 0.25) is 5.91 Å². The fraction of sp³-hybridized carbons (Fsp3) is 0.900. The van der Waals surface area contributed by atoms with Crippen molar-refractivity contribution in [2.75, 3.05) is 14.1 Å². The normalized spacial score (nSPS) is 31.9. The maximum Gasteiger partial charge on any atom is 0.242 e. The van der Waals surface area contributed by atoms with E-state index in [4.69, 9.17) is 5.73 Å². The Morgan fingerprint density at radius 2 is 2.00 bits per heavy atom. The molecule has 84 valence electrons. The zero-order valence-electron chi connectivity index (χ0n) is 9.25. The highest BCUT2D eigenvalue weighted by molar-refractivity contribution is 5.86. The van der Waals surface area contributed by atoms with Gasteiger partial charge in [0, 0.05) is 14.1 Å². The zero-order chi connectivity index (χ0) is 10.1. The largest absolute Gasteiger partial charge is 0.347 e. The van der Waals surface area contributed by atoms with Gasteiger partial charge in [0.1, 0.15) is 0 Å². The van der Waals surface area contributed by atoms with Crippen molar-refractivity contribution in [3.63, 3.8) is 0 Å². The van der Waals surface area contributed by atoms with E-state index in [2.05, 4.69) is 6.92 Å². The number of halogens is 1. The first-order chi connectivity index (χ1) is 5.98. The van der Waals surface area contributed by atoms with Crippen molar-refractivity contribution < 1.29 is 4.79 Å². The van der Waals surface area contributed by atoms with E-state index < -0.39 is 5.54 Å². The van der Waals surface area contributed by atoms with Crippen molar-refractivity contribution in [1.29, 1.82) is 0 Å². The Hall–Kier alpha value is -0.280.